The topological polar surface area (TPSA) is 105 Å². The number of hydrogen-bond donors (Lipinski definition) is 1. The molecule has 0 aliphatic carbocycles. The standard InChI is InChI=1S/C20H21ClN4O4S2/c1-12-10-15(13(2)29-12)16-11-30-20(23-16)24-19(26)14-5-8-25(9-6-14)31(27,28)17-4-3-7-22-18(17)21/h3-4,7,10-11,14H,5-6,8-9H2,1-2H3,(H,23,24,26). The molecule has 8 nitrogen and oxygen atoms in total. The molecule has 3 aromatic rings. The lowest BCUT2D eigenvalue weighted by Crippen LogP contribution is -2.41. The summed E-state index contributed by atoms with van der Waals surface area (Å²) < 4.78 is 32.5. The molecule has 1 fully saturated rings. The number of carbonyl (C=O) groups is 1. The molecule has 0 atom stereocenters. The van der Waals surface area contributed by atoms with Crippen LogP contribution >= 0.6 is 22.9 Å². The van der Waals surface area contributed by atoms with E-state index < -0.39 is 10.0 Å². The highest BCUT2D eigenvalue weighted by Gasteiger charge is 2.33. The summed E-state index contributed by atoms with van der Waals surface area (Å²) in [5.74, 6) is 1.14. The third kappa shape index (κ3) is 4.52. The number of aryl methyl sites for hydroxylation is 2. The van der Waals surface area contributed by atoms with Gasteiger partial charge < -0.3 is 9.73 Å². The molecule has 164 valence electrons. The molecule has 1 N–H and O–H groups in total. The van der Waals surface area contributed by atoms with Gasteiger partial charge in [-0.05, 0) is 44.9 Å². The quantitative estimate of drug-likeness (QED) is 0.551. The van der Waals surface area contributed by atoms with Crippen molar-refractivity contribution in [1.82, 2.24) is 14.3 Å². The van der Waals surface area contributed by atoms with Crippen molar-refractivity contribution < 1.29 is 17.6 Å². The average molecular weight is 481 g/mol. The van der Waals surface area contributed by atoms with Crippen LogP contribution in [-0.2, 0) is 14.8 Å². The molecule has 0 aromatic carbocycles. The van der Waals surface area contributed by atoms with E-state index in [1.807, 2.05) is 25.3 Å². The number of rotatable bonds is 5. The van der Waals surface area contributed by atoms with Gasteiger partial charge in [-0.1, -0.05) is 11.6 Å². The van der Waals surface area contributed by atoms with Crippen molar-refractivity contribution in [2.24, 2.45) is 5.92 Å². The number of sulfonamides is 1. The number of halogens is 1. The molecule has 3 aromatic heterocycles. The van der Waals surface area contributed by atoms with Crippen molar-refractivity contribution >= 4 is 44.0 Å². The van der Waals surface area contributed by atoms with E-state index >= 15 is 0 Å². The normalized spacial score (nSPS) is 15.8. The summed E-state index contributed by atoms with van der Waals surface area (Å²) in [5, 5.41) is 5.19. The molecular formula is C20H21ClN4O4S2. The van der Waals surface area contributed by atoms with Crippen LogP contribution in [0.3, 0.4) is 0 Å². The predicted molar refractivity (Wildman–Crippen MR) is 119 cm³/mol. The first kappa shape index (κ1) is 21.9. The van der Waals surface area contributed by atoms with Gasteiger partial charge in [0.25, 0.3) is 0 Å². The number of hydrogen-bond acceptors (Lipinski definition) is 7. The molecule has 0 bridgehead atoms. The first-order valence-electron chi connectivity index (χ1n) is 9.70. The van der Waals surface area contributed by atoms with Crippen LogP contribution in [-0.4, -0.2) is 41.7 Å². The highest BCUT2D eigenvalue weighted by atomic mass is 35.5. The number of nitrogens with one attached hydrogen (secondary N) is 1. The van der Waals surface area contributed by atoms with Gasteiger partial charge >= 0.3 is 0 Å². The lowest BCUT2D eigenvalue weighted by atomic mass is 9.97. The third-order valence-electron chi connectivity index (χ3n) is 5.22. The number of pyridine rings is 1. The Morgan fingerprint density at radius 1 is 1.32 bits per heavy atom. The maximum Gasteiger partial charge on any atom is 0.246 e. The van der Waals surface area contributed by atoms with E-state index in [4.69, 9.17) is 16.0 Å². The molecular weight excluding hydrogens is 460 g/mol. The minimum Gasteiger partial charge on any atom is -0.466 e. The zero-order valence-electron chi connectivity index (χ0n) is 17.0. The molecule has 4 heterocycles. The lowest BCUT2D eigenvalue weighted by Gasteiger charge is -2.30. The lowest BCUT2D eigenvalue weighted by molar-refractivity contribution is -0.120. The SMILES string of the molecule is Cc1cc(-c2csc(NC(=O)C3CCN(S(=O)(=O)c4cccnc4Cl)CC3)n2)c(C)o1. The Balaban J connectivity index is 1.38. The van der Waals surface area contributed by atoms with Crippen LogP contribution in [0.15, 0.2) is 39.1 Å². The second-order valence-electron chi connectivity index (χ2n) is 7.32. The van der Waals surface area contributed by atoms with Crippen molar-refractivity contribution in [2.75, 3.05) is 18.4 Å². The number of nitrogens with zero attached hydrogens (tertiary/aromatic N) is 3. The average Bonchev–Trinajstić information content (AvgIpc) is 3.33. The van der Waals surface area contributed by atoms with Crippen LogP contribution in [0.1, 0.15) is 24.4 Å². The summed E-state index contributed by atoms with van der Waals surface area (Å²) in [5.41, 5.74) is 1.66. The second kappa shape index (κ2) is 8.70. The van der Waals surface area contributed by atoms with E-state index in [1.165, 1.54) is 34.0 Å². The molecule has 1 amide bonds. The number of thiazole rings is 1. The molecule has 0 spiro atoms. The molecule has 0 radical (unpaired) electrons. The predicted octanol–water partition coefficient (Wildman–Crippen LogP) is 4.11. The zero-order chi connectivity index (χ0) is 22.2. The summed E-state index contributed by atoms with van der Waals surface area (Å²) in [6.07, 6.45) is 2.28. The van der Waals surface area contributed by atoms with Crippen LogP contribution in [0.25, 0.3) is 11.3 Å². The van der Waals surface area contributed by atoms with Gasteiger partial charge in [0.15, 0.2) is 5.13 Å². The number of anilines is 1. The van der Waals surface area contributed by atoms with Gasteiger partial charge in [-0.15, -0.1) is 11.3 Å². The third-order valence-corrected chi connectivity index (χ3v) is 8.32. The second-order valence-corrected chi connectivity index (χ2v) is 10.4. The molecule has 1 aliphatic heterocycles. The van der Waals surface area contributed by atoms with Crippen LogP contribution in [0.2, 0.25) is 5.15 Å². The largest absolute Gasteiger partial charge is 0.466 e. The minimum absolute atomic E-state index is 0.0142. The highest BCUT2D eigenvalue weighted by molar-refractivity contribution is 7.89. The Bertz CT molecular complexity index is 1210. The van der Waals surface area contributed by atoms with Crippen molar-refractivity contribution in [2.45, 2.75) is 31.6 Å². The summed E-state index contributed by atoms with van der Waals surface area (Å²) in [6.45, 7) is 4.23. The summed E-state index contributed by atoms with van der Waals surface area (Å²) in [6, 6.07) is 4.89. The van der Waals surface area contributed by atoms with E-state index in [1.54, 1.807) is 0 Å². The van der Waals surface area contributed by atoms with E-state index in [0.29, 0.717) is 18.0 Å². The van der Waals surface area contributed by atoms with Gasteiger partial charge in [-0.2, -0.15) is 4.31 Å². The Hall–Kier alpha value is -2.27. The Morgan fingerprint density at radius 3 is 2.71 bits per heavy atom. The molecule has 11 heteroatoms. The summed E-state index contributed by atoms with van der Waals surface area (Å²) >= 11 is 7.31. The van der Waals surface area contributed by atoms with Crippen LogP contribution in [0.4, 0.5) is 5.13 Å². The number of furan rings is 1. The van der Waals surface area contributed by atoms with E-state index in [9.17, 15) is 13.2 Å². The number of piperidine rings is 1. The molecule has 1 saturated heterocycles. The fourth-order valence-corrected chi connectivity index (χ4v) is 6.22. The minimum atomic E-state index is -3.74. The maximum atomic E-state index is 12.8. The van der Waals surface area contributed by atoms with E-state index in [2.05, 4.69) is 15.3 Å². The van der Waals surface area contributed by atoms with Crippen molar-refractivity contribution in [3.05, 3.63) is 46.4 Å². The van der Waals surface area contributed by atoms with Gasteiger partial charge in [-0.3, -0.25) is 4.79 Å². The smallest absolute Gasteiger partial charge is 0.246 e. The summed E-state index contributed by atoms with van der Waals surface area (Å²) in [4.78, 5) is 21.0. The molecule has 0 unspecified atom stereocenters. The Labute approximate surface area is 189 Å². The number of carbonyl (C=O) groups excluding carboxylic acids is 1. The van der Waals surface area contributed by atoms with Crippen LogP contribution in [0, 0.1) is 19.8 Å². The van der Waals surface area contributed by atoms with Gasteiger partial charge in [0, 0.05) is 36.1 Å². The van der Waals surface area contributed by atoms with Crippen LogP contribution < -0.4 is 5.32 Å². The molecule has 4 rings (SSSR count). The van der Waals surface area contributed by atoms with Crippen molar-refractivity contribution in [3.63, 3.8) is 0 Å². The van der Waals surface area contributed by atoms with Gasteiger partial charge in [0.05, 0.1) is 5.69 Å². The number of aromatic nitrogens is 2. The fraction of sp³-hybridized carbons (Fsp3) is 0.350. The highest BCUT2D eigenvalue weighted by Crippen LogP contribution is 2.31. The molecule has 1 aliphatic rings. The molecule has 0 saturated carbocycles. The zero-order valence-corrected chi connectivity index (χ0v) is 19.4. The fourth-order valence-electron chi connectivity index (χ4n) is 3.61. The van der Waals surface area contributed by atoms with Crippen molar-refractivity contribution in [1.29, 1.82) is 0 Å². The van der Waals surface area contributed by atoms with Gasteiger partial charge in [-0.25, -0.2) is 18.4 Å². The Morgan fingerprint density at radius 2 is 2.06 bits per heavy atom. The van der Waals surface area contributed by atoms with Crippen LogP contribution in [0.5, 0.6) is 0 Å². The first-order valence-corrected chi connectivity index (χ1v) is 12.4. The Kier molecular flexibility index (Phi) is 6.16. The number of amides is 1. The van der Waals surface area contributed by atoms with Crippen molar-refractivity contribution in [3.8, 4) is 11.3 Å². The van der Waals surface area contributed by atoms with E-state index in [0.717, 1.165) is 22.8 Å². The molecule has 31 heavy (non-hydrogen) atoms. The maximum absolute atomic E-state index is 12.8. The summed E-state index contributed by atoms with van der Waals surface area (Å²) in [7, 11) is -3.74. The van der Waals surface area contributed by atoms with E-state index in [-0.39, 0.29) is 35.0 Å². The van der Waals surface area contributed by atoms with Gasteiger partial charge in [0.2, 0.25) is 15.9 Å². The first-order chi connectivity index (χ1) is 14.8. The monoisotopic (exact) mass is 480 g/mol. The van der Waals surface area contributed by atoms with Gasteiger partial charge in [0.1, 0.15) is 21.6 Å².